The normalized spacial score (nSPS) is 16.9. The molecule has 0 spiro atoms. The molecule has 0 aliphatic carbocycles. The van der Waals surface area contributed by atoms with Crippen LogP contribution >= 0.6 is 11.6 Å². The van der Waals surface area contributed by atoms with Crippen LogP contribution in [0.3, 0.4) is 0 Å². The summed E-state index contributed by atoms with van der Waals surface area (Å²) in [6, 6.07) is 11.1. The molecule has 5 rings (SSSR count). The number of halogens is 1. The summed E-state index contributed by atoms with van der Waals surface area (Å²) in [5, 5.41) is 2.87. The standard InChI is InChI=1S/C24H24ClN5O6S2/c25-17-3-7-19(8-4-17)38(34,35)29-24(31)26-18-5-1-16(2-6-18)22-27-21-9-14-37(32,33)15-20(21)23(28-22)30-10-12-36-13-11-30/h1-8H,9-15H2,(H2,26,29,31). The molecule has 0 unspecified atom stereocenters. The van der Waals surface area contributed by atoms with E-state index in [4.69, 9.17) is 21.3 Å². The van der Waals surface area contributed by atoms with E-state index in [0.717, 1.165) is 0 Å². The first kappa shape index (κ1) is 26.4. The van der Waals surface area contributed by atoms with Crippen LogP contribution in [0.2, 0.25) is 5.02 Å². The summed E-state index contributed by atoms with van der Waals surface area (Å²) in [4.78, 5) is 23.7. The molecular formula is C24H24ClN5O6S2. The average Bonchev–Trinajstić information content (AvgIpc) is 2.88. The van der Waals surface area contributed by atoms with Crippen LogP contribution < -0.4 is 14.9 Å². The second-order valence-electron chi connectivity index (χ2n) is 8.83. The van der Waals surface area contributed by atoms with Crippen LogP contribution in [0.25, 0.3) is 11.4 Å². The van der Waals surface area contributed by atoms with Crippen molar-refractivity contribution in [2.75, 3.05) is 42.3 Å². The van der Waals surface area contributed by atoms with Gasteiger partial charge >= 0.3 is 6.03 Å². The first-order valence-corrected chi connectivity index (χ1v) is 15.4. The zero-order chi connectivity index (χ0) is 26.9. The summed E-state index contributed by atoms with van der Waals surface area (Å²) >= 11 is 5.79. The van der Waals surface area contributed by atoms with Crippen molar-refractivity contribution in [2.45, 2.75) is 17.1 Å². The van der Waals surface area contributed by atoms with E-state index in [2.05, 4.69) is 10.3 Å². The number of rotatable bonds is 5. The summed E-state index contributed by atoms with van der Waals surface area (Å²) in [7, 11) is -7.29. The van der Waals surface area contributed by atoms with Crippen LogP contribution in [0.15, 0.2) is 53.4 Å². The van der Waals surface area contributed by atoms with Gasteiger partial charge in [0.15, 0.2) is 15.7 Å². The second-order valence-corrected chi connectivity index (χ2v) is 13.1. The number of hydrogen-bond acceptors (Lipinski definition) is 9. The number of carbonyl (C=O) groups is 1. The zero-order valence-corrected chi connectivity index (χ0v) is 22.4. The van der Waals surface area contributed by atoms with Crippen molar-refractivity contribution in [3.8, 4) is 11.4 Å². The van der Waals surface area contributed by atoms with Gasteiger partial charge in [0.1, 0.15) is 5.82 Å². The summed E-state index contributed by atoms with van der Waals surface area (Å²) in [6.07, 6.45) is 0.312. The lowest BCUT2D eigenvalue weighted by atomic mass is 10.1. The Balaban J connectivity index is 1.35. The van der Waals surface area contributed by atoms with Crippen LogP contribution in [0, 0.1) is 0 Å². The van der Waals surface area contributed by atoms with E-state index in [-0.39, 0.29) is 16.4 Å². The molecule has 14 heteroatoms. The number of hydrogen-bond donors (Lipinski definition) is 2. The van der Waals surface area contributed by atoms with Crippen LogP contribution in [-0.2, 0) is 36.8 Å². The molecular weight excluding hydrogens is 554 g/mol. The fraction of sp³-hybridized carbons (Fsp3) is 0.292. The zero-order valence-electron chi connectivity index (χ0n) is 20.1. The van der Waals surface area contributed by atoms with Gasteiger partial charge in [0.05, 0.1) is 35.3 Å². The quantitative estimate of drug-likeness (QED) is 0.467. The topological polar surface area (TPSA) is 148 Å². The maximum Gasteiger partial charge on any atom is 0.333 e. The molecule has 1 aromatic heterocycles. The number of carbonyl (C=O) groups excluding carboxylic acids is 1. The van der Waals surface area contributed by atoms with Gasteiger partial charge < -0.3 is 15.0 Å². The predicted octanol–water partition coefficient (Wildman–Crippen LogP) is 2.61. The Kier molecular flexibility index (Phi) is 7.27. The van der Waals surface area contributed by atoms with E-state index in [9.17, 15) is 21.6 Å². The number of aryl methyl sites for hydroxylation is 1. The minimum absolute atomic E-state index is 0.0376. The fourth-order valence-electron chi connectivity index (χ4n) is 4.24. The van der Waals surface area contributed by atoms with Crippen molar-refractivity contribution in [1.29, 1.82) is 0 Å². The molecule has 3 aromatic rings. The lowest BCUT2D eigenvalue weighted by Gasteiger charge is -2.31. The maximum atomic E-state index is 12.4. The van der Waals surface area contributed by atoms with Gasteiger partial charge in [-0.1, -0.05) is 11.6 Å². The van der Waals surface area contributed by atoms with Gasteiger partial charge in [-0.05, 0) is 48.5 Å². The number of nitrogens with zero attached hydrogens (tertiary/aromatic N) is 3. The molecule has 2 amide bonds. The van der Waals surface area contributed by atoms with Crippen LogP contribution in [0.4, 0.5) is 16.3 Å². The van der Waals surface area contributed by atoms with Crippen LogP contribution in [0.1, 0.15) is 11.3 Å². The number of benzene rings is 2. The minimum Gasteiger partial charge on any atom is -0.378 e. The highest BCUT2D eigenvalue weighted by molar-refractivity contribution is 7.90. The van der Waals surface area contributed by atoms with Gasteiger partial charge in [-0.3, -0.25) is 0 Å². The monoisotopic (exact) mass is 577 g/mol. The van der Waals surface area contributed by atoms with E-state index in [1.165, 1.54) is 24.3 Å². The number of nitrogens with one attached hydrogen (secondary N) is 2. The number of amides is 2. The Morgan fingerprint density at radius 3 is 2.37 bits per heavy atom. The van der Waals surface area contributed by atoms with E-state index < -0.39 is 25.9 Å². The highest BCUT2D eigenvalue weighted by Gasteiger charge is 2.29. The molecule has 0 bridgehead atoms. The second kappa shape index (κ2) is 10.5. The minimum atomic E-state index is -4.08. The van der Waals surface area contributed by atoms with Crippen molar-refractivity contribution in [1.82, 2.24) is 14.7 Å². The average molecular weight is 578 g/mol. The number of anilines is 2. The van der Waals surface area contributed by atoms with Crippen molar-refractivity contribution in [3.63, 3.8) is 0 Å². The molecule has 2 N–H and O–H groups in total. The van der Waals surface area contributed by atoms with Gasteiger partial charge in [-0.25, -0.2) is 36.3 Å². The van der Waals surface area contributed by atoms with Gasteiger partial charge in [-0.2, -0.15) is 0 Å². The number of ether oxygens (including phenoxy) is 1. The van der Waals surface area contributed by atoms with Crippen molar-refractivity contribution in [2.24, 2.45) is 0 Å². The Morgan fingerprint density at radius 1 is 1.00 bits per heavy atom. The van der Waals surface area contributed by atoms with Crippen LogP contribution in [-0.4, -0.2) is 64.9 Å². The molecule has 1 fully saturated rings. The molecule has 38 heavy (non-hydrogen) atoms. The van der Waals surface area contributed by atoms with E-state index in [1.54, 1.807) is 24.3 Å². The highest BCUT2D eigenvalue weighted by Crippen LogP contribution is 2.31. The highest BCUT2D eigenvalue weighted by atomic mass is 35.5. The third-order valence-electron chi connectivity index (χ3n) is 6.15. The Hall–Kier alpha value is -3.26. The van der Waals surface area contributed by atoms with E-state index in [0.29, 0.717) is 71.9 Å². The fourth-order valence-corrected chi connectivity index (χ4v) is 6.65. The molecule has 2 aliphatic heterocycles. The number of fused-ring (bicyclic) bond motifs is 1. The molecule has 200 valence electrons. The van der Waals surface area contributed by atoms with Crippen molar-refractivity contribution in [3.05, 3.63) is 64.8 Å². The van der Waals surface area contributed by atoms with Crippen molar-refractivity contribution >= 4 is 49.0 Å². The lowest BCUT2D eigenvalue weighted by molar-refractivity contribution is 0.122. The van der Waals surface area contributed by atoms with Gasteiger partial charge in [0, 0.05) is 41.3 Å². The summed E-state index contributed by atoms with van der Waals surface area (Å²) < 4.78 is 56.9. The third kappa shape index (κ3) is 5.90. The van der Waals surface area contributed by atoms with E-state index in [1.807, 2.05) is 9.62 Å². The van der Waals surface area contributed by atoms with Gasteiger partial charge in [0.2, 0.25) is 0 Å². The number of urea groups is 1. The molecule has 0 radical (unpaired) electrons. The Morgan fingerprint density at radius 2 is 1.68 bits per heavy atom. The number of sulfonamides is 1. The molecule has 0 saturated carbocycles. The first-order valence-electron chi connectivity index (χ1n) is 11.7. The maximum absolute atomic E-state index is 12.4. The Labute approximate surface area is 225 Å². The smallest absolute Gasteiger partial charge is 0.333 e. The predicted molar refractivity (Wildman–Crippen MR) is 142 cm³/mol. The molecule has 2 aliphatic rings. The summed E-state index contributed by atoms with van der Waals surface area (Å²) in [5.41, 5.74) is 2.37. The molecule has 0 atom stereocenters. The van der Waals surface area contributed by atoms with E-state index >= 15 is 0 Å². The lowest BCUT2D eigenvalue weighted by Crippen LogP contribution is -2.38. The van der Waals surface area contributed by atoms with Crippen molar-refractivity contribution < 1.29 is 26.4 Å². The number of aromatic nitrogens is 2. The SMILES string of the molecule is O=C(Nc1ccc(-c2nc3c(c(N4CCOCC4)n2)CS(=O)(=O)CC3)cc1)NS(=O)(=O)c1ccc(Cl)cc1. The molecule has 3 heterocycles. The molecule has 11 nitrogen and oxygen atoms in total. The largest absolute Gasteiger partial charge is 0.378 e. The van der Waals surface area contributed by atoms with Gasteiger partial charge in [-0.15, -0.1) is 0 Å². The summed E-state index contributed by atoms with van der Waals surface area (Å²) in [6.45, 7) is 2.24. The molecule has 1 saturated heterocycles. The number of morpholine rings is 1. The third-order valence-corrected chi connectivity index (χ3v) is 9.30. The molecule has 2 aromatic carbocycles. The summed E-state index contributed by atoms with van der Waals surface area (Å²) in [5.74, 6) is 0.985. The van der Waals surface area contributed by atoms with Crippen LogP contribution in [0.5, 0.6) is 0 Å². The first-order chi connectivity index (χ1) is 18.1. The Bertz CT molecular complexity index is 1570. The number of sulfone groups is 1. The van der Waals surface area contributed by atoms with Gasteiger partial charge in [0.25, 0.3) is 10.0 Å².